The van der Waals surface area contributed by atoms with Gasteiger partial charge in [0.25, 0.3) is 11.5 Å². The van der Waals surface area contributed by atoms with Gasteiger partial charge in [-0.2, -0.15) is 10.4 Å². The molecule has 11 nitrogen and oxygen atoms in total. The Labute approximate surface area is 287 Å². The van der Waals surface area contributed by atoms with Gasteiger partial charge in [-0.25, -0.2) is 22.2 Å². The van der Waals surface area contributed by atoms with E-state index in [1.807, 2.05) is 26.0 Å². The zero-order valence-electron chi connectivity index (χ0n) is 28.2. The van der Waals surface area contributed by atoms with Crippen LogP contribution in [0.4, 0.5) is 8.78 Å². The molecule has 1 N–H and O–H groups in total. The summed E-state index contributed by atoms with van der Waals surface area (Å²) in [6.07, 6.45) is 4.01. The first-order valence-electron chi connectivity index (χ1n) is 16.1. The van der Waals surface area contributed by atoms with Crippen LogP contribution in [0, 0.1) is 31.0 Å². The number of amides is 1. The maximum Gasteiger partial charge on any atom is 0.282 e. The summed E-state index contributed by atoms with van der Waals surface area (Å²) in [7, 11) is -4.29. The first-order chi connectivity index (χ1) is 23.6. The molecule has 1 aromatic carbocycles. The number of sulfone groups is 1. The average Bonchev–Trinajstić information content (AvgIpc) is 3.53. The van der Waals surface area contributed by atoms with Crippen LogP contribution < -0.4 is 5.56 Å². The van der Waals surface area contributed by atoms with Crippen LogP contribution in [0.5, 0.6) is 0 Å². The van der Waals surface area contributed by atoms with Gasteiger partial charge in [-0.15, -0.1) is 0 Å². The summed E-state index contributed by atoms with van der Waals surface area (Å²) in [5.41, 5.74) is 2.35. The van der Waals surface area contributed by atoms with Crippen LogP contribution in [0.1, 0.15) is 67.3 Å². The summed E-state index contributed by atoms with van der Waals surface area (Å²) in [5.74, 6) is -3.87. The van der Waals surface area contributed by atoms with E-state index in [1.54, 1.807) is 38.4 Å². The van der Waals surface area contributed by atoms with Crippen molar-refractivity contribution in [3.8, 4) is 23.0 Å². The summed E-state index contributed by atoms with van der Waals surface area (Å²) in [5, 5.41) is 17.3. The van der Waals surface area contributed by atoms with Gasteiger partial charge in [-0.05, 0) is 73.4 Å². The molecule has 14 heteroatoms. The summed E-state index contributed by atoms with van der Waals surface area (Å²) < 4.78 is 59.3. The van der Waals surface area contributed by atoms with Crippen LogP contribution in [0.3, 0.4) is 0 Å². The highest BCUT2D eigenvalue weighted by molar-refractivity contribution is 7.90. The molecular formula is C36H35F2N7O4S. The van der Waals surface area contributed by atoms with Gasteiger partial charge in [0, 0.05) is 41.4 Å². The molecule has 0 saturated carbocycles. The highest BCUT2D eigenvalue weighted by atomic mass is 32.2. The van der Waals surface area contributed by atoms with Crippen LogP contribution in [-0.2, 0) is 14.6 Å². The SMILES string of the molecule is C=C(F)C(=O)N1CCC(c2c(S(C)(=O)=O)c(=O)n(-c3c(C)ccnc3C(C)C)c3nc(-c4c(C)ccc5[nH]ncc45)c(F)cc23)C[C@@H]1CC#N. The van der Waals surface area contributed by atoms with Gasteiger partial charge in [0.2, 0.25) is 0 Å². The van der Waals surface area contributed by atoms with E-state index in [2.05, 4.69) is 21.8 Å². The molecular weight excluding hydrogens is 665 g/mol. The minimum Gasteiger partial charge on any atom is -0.333 e. The second-order valence-corrected chi connectivity index (χ2v) is 15.0. The van der Waals surface area contributed by atoms with Crippen molar-refractivity contribution in [1.82, 2.24) is 29.6 Å². The number of aromatic nitrogens is 5. The Morgan fingerprint density at radius 3 is 2.60 bits per heavy atom. The van der Waals surface area contributed by atoms with Crippen molar-refractivity contribution >= 4 is 37.7 Å². The molecule has 0 bridgehead atoms. The van der Waals surface area contributed by atoms with E-state index >= 15 is 4.39 Å². The quantitative estimate of drug-likeness (QED) is 0.201. The van der Waals surface area contributed by atoms with Gasteiger partial charge >= 0.3 is 0 Å². The third-order valence-corrected chi connectivity index (χ3v) is 10.5. The van der Waals surface area contributed by atoms with E-state index in [-0.39, 0.29) is 54.0 Å². The predicted octanol–water partition coefficient (Wildman–Crippen LogP) is 6.08. The summed E-state index contributed by atoms with van der Waals surface area (Å²) in [6.45, 7) is 10.4. The Hall–Kier alpha value is -5.29. The van der Waals surface area contributed by atoms with E-state index < -0.39 is 49.8 Å². The lowest BCUT2D eigenvalue weighted by molar-refractivity contribution is -0.132. The Kier molecular flexibility index (Phi) is 8.90. The number of likely N-dealkylation sites (tertiary alicyclic amines) is 1. The number of H-pyrrole nitrogens is 1. The number of aryl methyl sites for hydroxylation is 2. The van der Waals surface area contributed by atoms with Crippen LogP contribution >= 0.6 is 0 Å². The number of fused-ring (bicyclic) bond motifs is 2. The predicted molar refractivity (Wildman–Crippen MR) is 185 cm³/mol. The molecule has 0 aliphatic carbocycles. The monoisotopic (exact) mass is 699 g/mol. The molecule has 1 amide bonds. The van der Waals surface area contributed by atoms with E-state index in [0.29, 0.717) is 39.0 Å². The standard InChI is InChI=1S/C36H35F2N7O4S/c1-18(2)30-32(20(4)10-13-40-30)45-34-24(16-26(38)31(42-34)28-19(3)7-8-27-25(28)17-41-43-27)29(33(36(45)47)50(6,48)49)22-11-14-44(35(46)21(5)37)23(15-22)9-12-39/h7-8,10,13,16-18,22-23H,5,9,11,14-15H2,1-4,6H3,(H,41,43)/t22?,23-/m0/s1. The summed E-state index contributed by atoms with van der Waals surface area (Å²) >= 11 is 0. The minimum absolute atomic E-state index is 0.00756. The second-order valence-electron chi connectivity index (χ2n) is 13.1. The van der Waals surface area contributed by atoms with Crippen molar-refractivity contribution in [2.24, 2.45) is 0 Å². The normalized spacial score (nSPS) is 16.7. The third-order valence-electron chi connectivity index (χ3n) is 9.41. The zero-order valence-corrected chi connectivity index (χ0v) is 29.0. The third kappa shape index (κ3) is 5.75. The number of benzene rings is 1. The second kappa shape index (κ2) is 12.9. The largest absolute Gasteiger partial charge is 0.333 e. The molecule has 0 spiro atoms. The van der Waals surface area contributed by atoms with Crippen molar-refractivity contribution in [2.75, 3.05) is 12.8 Å². The number of hydrogen-bond acceptors (Lipinski definition) is 8. The number of pyridine rings is 3. The smallest absolute Gasteiger partial charge is 0.282 e. The summed E-state index contributed by atoms with van der Waals surface area (Å²) in [6, 6.07) is 7.71. The molecule has 1 aliphatic heterocycles. The molecule has 4 aromatic heterocycles. The molecule has 2 atom stereocenters. The Morgan fingerprint density at radius 1 is 1.20 bits per heavy atom. The lowest BCUT2D eigenvalue weighted by Crippen LogP contribution is -2.46. The molecule has 258 valence electrons. The maximum atomic E-state index is 16.7. The van der Waals surface area contributed by atoms with Crippen molar-refractivity contribution in [3.05, 3.63) is 87.6 Å². The zero-order chi connectivity index (χ0) is 36.2. The Bertz CT molecular complexity index is 2450. The van der Waals surface area contributed by atoms with Crippen LogP contribution in [0.25, 0.3) is 38.9 Å². The first kappa shape index (κ1) is 34.6. The Morgan fingerprint density at radius 2 is 1.94 bits per heavy atom. The minimum atomic E-state index is -4.29. The van der Waals surface area contributed by atoms with Crippen molar-refractivity contribution in [1.29, 1.82) is 5.26 Å². The average molecular weight is 700 g/mol. The molecule has 5 heterocycles. The van der Waals surface area contributed by atoms with E-state index in [0.717, 1.165) is 6.26 Å². The molecule has 1 saturated heterocycles. The van der Waals surface area contributed by atoms with Gasteiger partial charge in [0.05, 0.1) is 35.6 Å². The first-order valence-corrected chi connectivity index (χ1v) is 17.9. The van der Waals surface area contributed by atoms with Gasteiger partial charge < -0.3 is 4.90 Å². The van der Waals surface area contributed by atoms with Gasteiger partial charge in [0.15, 0.2) is 15.7 Å². The highest BCUT2D eigenvalue weighted by Crippen LogP contribution is 2.42. The summed E-state index contributed by atoms with van der Waals surface area (Å²) in [4.78, 5) is 37.6. The highest BCUT2D eigenvalue weighted by Gasteiger charge is 2.38. The molecule has 0 radical (unpaired) electrons. The molecule has 1 unspecified atom stereocenters. The number of nitrogens with zero attached hydrogens (tertiary/aromatic N) is 6. The van der Waals surface area contributed by atoms with Gasteiger partial charge in [-0.1, -0.05) is 26.5 Å². The topological polar surface area (TPSA) is 155 Å². The number of piperidine rings is 1. The van der Waals surface area contributed by atoms with Gasteiger partial charge in [0.1, 0.15) is 22.1 Å². The number of rotatable bonds is 7. The van der Waals surface area contributed by atoms with Crippen molar-refractivity contribution in [3.63, 3.8) is 0 Å². The fourth-order valence-corrected chi connectivity index (χ4v) is 8.28. The molecule has 1 aliphatic rings. The lowest BCUT2D eigenvalue weighted by atomic mass is 9.83. The molecule has 5 aromatic rings. The number of carbonyl (C=O) groups is 1. The van der Waals surface area contributed by atoms with Crippen LogP contribution in [0.15, 0.2) is 58.8 Å². The van der Waals surface area contributed by atoms with E-state index in [4.69, 9.17) is 4.98 Å². The molecule has 1 fully saturated rings. The number of halogens is 2. The number of carbonyl (C=O) groups excluding carboxylic acids is 1. The fourth-order valence-electron chi connectivity index (χ4n) is 7.19. The van der Waals surface area contributed by atoms with Gasteiger partial charge in [-0.3, -0.25) is 24.2 Å². The molecule has 6 rings (SSSR count). The molecule has 50 heavy (non-hydrogen) atoms. The van der Waals surface area contributed by atoms with E-state index in [1.165, 1.54) is 15.5 Å². The number of nitrogens with one attached hydrogen (secondary N) is 1. The van der Waals surface area contributed by atoms with E-state index in [9.17, 15) is 27.7 Å². The Balaban J connectivity index is 1.76. The van der Waals surface area contributed by atoms with Crippen molar-refractivity contribution < 1.29 is 22.0 Å². The fraction of sp³-hybridized carbons (Fsp3) is 0.333. The number of hydrogen-bond donors (Lipinski definition) is 1. The maximum absolute atomic E-state index is 16.7. The lowest BCUT2D eigenvalue weighted by Gasteiger charge is -2.39. The van der Waals surface area contributed by atoms with Crippen LogP contribution in [-0.4, -0.2) is 62.8 Å². The number of aromatic amines is 1. The van der Waals surface area contributed by atoms with Crippen molar-refractivity contribution in [2.45, 2.75) is 69.7 Å². The van der Waals surface area contributed by atoms with Crippen LogP contribution in [0.2, 0.25) is 0 Å². The number of nitriles is 1.